The van der Waals surface area contributed by atoms with E-state index in [1.54, 1.807) is 23.5 Å². The summed E-state index contributed by atoms with van der Waals surface area (Å²) in [6.45, 7) is 6.08. The quantitative estimate of drug-likeness (QED) is 0.892. The summed E-state index contributed by atoms with van der Waals surface area (Å²) in [5.41, 5.74) is 1.45. The molecular weight excluding hydrogens is 289 g/mol. The Balaban J connectivity index is 1.88. The number of hydrogen-bond donors (Lipinski definition) is 2. The van der Waals surface area contributed by atoms with Gasteiger partial charge in [-0.1, -0.05) is 6.07 Å². The standard InChI is InChI=1S/C15H18FN3OS/c1-9(15-10(2)18-11(3)21-15)17-8-14(20)19-13-6-4-5-12(16)7-13/h4-7,9,17H,8H2,1-3H3,(H,19,20). The van der Waals surface area contributed by atoms with E-state index in [9.17, 15) is 9.18 Å². The third-order valence-electron chi connectivity index (χ3n) is 3.01. The Morgan fingerprint density at radius 2 is 2.19 bits per heavy atom. The van der Waals surface area contributed by atoms with Crippen molar-refractivity contribution in [3.8, 4) is 0 Å². The molecule has 1 aromatic carbocycles. The molecule has 1 unspecified atom stereocenters. The number of rotatable bonds is 5. The zero-order valence-electron chi connectivity index (χ0n) is 12.2. The minimum absolute atomic E-state index is 0.0504. The number of hydrogen-bond acceptors (Lipinski definition) is 4. The summed E-state index contributed by atoms with van der Waals surface area (Å²) in [5, 5.41) is 6.82. The Hall–Kier alpha value is -1.79. The van der Waals surface area contributed by atoms with Crippen LogP contribution in [-0.2, 0) is 4.79 Å². The predicted octanol–water partition coefficient (Wildman–Crippen LogP) is 3.19. The van der Waals surface area contributed by atoms with Crippen LogP contribution in [0.2, 0.25) is 0 Å². The van der Waals surface area contributed by atoms with Crippen molar-refractivity contribution in [2.75, 3.05) is 11.9 Å². The molecule has 2 rings (SSSR count). The molecule has 2 aromatic rings. The third-order valence-corrected chi connectivity index (χ3v) is 4.27. The first-order valence-electron chi connectivity index (χ1n) is 6.68. The highest BCUT2D eigenvalue weighted by molar-refractivity contribution is 7.11. The molecule has 0 saturated heterocycles. The first-order valence-corrected chi connectivity index (χ1v) is 7.50. The number of benzene rings is 1. The van der Waals surface area contributed by atoms with Gasteiger partial charge in [0.05, 0.1) is 17.2 Å². The van der Waals surface area contributed by atoms with Gasteiger partial charge in [-0.15, -0.1) is 11.3 Å². The monoisotopic (exact) mass is 307 g/mol. The van der Waals surface area contributed by atoms with Crippen molar-refractivity contribution in [3.63, 3.8) is 0 Å². The van der Waals surface area contributed by atoms with Crippen LogP contribution in [0.4, 0.5) is 10.1 Å². The number of anilines is 1. The van der Waals surface area contributed by atoms with Crippen LogP contribution >= 0.6 is 11.3 Å². The van der Waals surface area contributed by atoms with Gasteiger partial charge in [0.2, 0.25) is 5.91 Å². The van der Waals surface area contributed by atoms with Crippen LogP contribution in [0.15, 0.2) is 24.3 Å². The Morgan fingerprint density at radius 1 is 1.43 bits per heavy atom. The van der Waals surface area contributed by atoms with Crippen molar-refractivity contribution >= 4 is 22.9 Å². The smallest absolute Gasteiger partial charge is 0.238 e. The largest absolute Gasteiger partial charge is 0.325 e. The maximum Gasteiger partial charge on any atom is 0.238 e. The number of thiazole rings is 1. The van der Waals surface area contributed by atoms with Gasteiger partial charge in [-0.3, -0.25) is 4.79 Å². The fourth-order valence-electron chi connectivity index (χ4n) is 2.06. The molecule has 0 saturated carbocycles. The molecule has 1 aromatic heterocycles. The number of carbonyl (C=O) groups excluding carboxylic acids is 1. The second-order valence-electron chi connectivity index (χ2n) is 4.84. The molecule has 0 radical (unpaired) electrons. The first kappa shape index (κ1) is 15.6. The normalized spacial score (nSPS) is 12.2. The van der Waals surface area contributed by atoms with Gasteiger partial charge in [0.25, 0.3) is 0 Å². The molecule has 4 nitrogen and oxygen atoms in total. The summed E-state index contributed by atoms with van der Waals surface area (Å²) in [6, 6.07) is 5.89. The summed E-state index contributed by atoms with van der Waals surface area (Å²) < 4.78 is 13.0. The van der Waals surface area contributed by atoms with Crippen molar-refractivity contribution in [2.45, 2.75) is 26.8 Å². The molecule has 2 N–H and O–H groups in total. The number of nitrogens with one attached hydrogen (secondary N) is 2. The van der Waals surface area contributed by atoms with Gasteiger partial charge in [0.15, 0.2) is 0 Å². The lowest BCUT2D eigenvalue weighted by molar-refractivity contribution is -0.115. The van der Waals surface area contributed by atoms with Gasteiger partial charge >= 0.3 is 0 Å². The third kappa shape index (κ3) is 4.34. The molecule has 1 amide bonds. The van der Waals surface area contributed by atoms with Gasteiger partial charge in [0, 0.05) is 16.6 Å². The molecule has 0 aliphatic heterocycles. The van der Waals surface area contributed by atoms with Gasteiger partial charge in [-0.05, 0) is 39.0 Å². The molecule has 6 heteroatoms. The number of nitrogens with zero attached hydrogens (tertiary/aromatic N) is 1. The lowest BCUT2D eigenvalue weighted by Crippen LogP contribution is -2.30. The van der Waals surface area contributed by atoms with E-state index in [1.807, 2.05) is 20.8 Å². The van der Waals surface area contributed by atoms with E-state index in [0.717, 1.165) is 15.6 Å². The van der Waals surface area contributed by atoms with Crippen LogP contribution in [0, 0.1) is 19.7 Å². The zero-order chi connectivity index (χ0) is 15.4. The molecule has 0 fully saturated rings. The predicted molar refractivity (Wildman–Crippen MR) is 83.0 cm³/mol. The Morgan fingerprint density at radius 3 is 2.81 bits per heavy atom. The van der Waals surface area contributed by atoms with Crippen molar-refractivity contribution in [2.24, 2.45) is 0 Å². The maximum atomic E-state index is 13.0. The molecule has 0 aliphatic rings. The number of aryl methyl sites for hydroxylation is 2. The van der Waals surface area contributed by atoms with Crippen LogP contribution in [0.1, 0.15) is 28.5 Å². The molecule has 112 valence electrons. The first-order chi connectivity index (χ1) is 9.95. The topological polar surface area (TPSA) is 54.0 Å². The van der Waals surface area contributed by atoms with Crippen molar-refractivity contribution in [3.05, 3.63) is 45.7 Å². The summed E-state index contributed by atoms with van der Waals surface area (Å²) in [6.07, 6.45) is 0. The highest BCUT2D eigenvalue weighted by Crippen LogP contribution is 2.24. The van der Waals surface area contributed by atoms with Crippen LogP contribution in [0.5, 0.6) is 0 Å². The summed E-state index contributed by atoms with van der Waals surface area (Å²) >= 11 is 1.63. The second kappa shape index (κ2) is 6.78. The van der Waals surface area contributed by atoms with E-state index in [1.165, 1.54) is 12.1 Å². The van der Waals surface area contributed by atoms with Crippen molar-refractivity contribution < 1.29 is 9.18 Å². The molecule has 0 bridgehead atoms. The van der Waals surface area contributed by atoms with E-state index in [4.69, 9.17) is 0 Å². The van der Waals surface area contributed by atoms with Gasteiger partial charge < -0.3 is 10.6 Å². The average molecular weight is 307 g/mol. The van der Waals surface area contributed by atoms with Gasteiger partial charge in [-0.2, -0.15) is 0 Å². The molecule has 0 aliphatic carbocycles. The SMILES string of the molecule is Cc1nc(C)c(C(C)NCC(=O)Nc2cccc(F)c2)s1. The van der Waals surface area contributed by atoms with E-state index >= 15 is 0 Å². The van der Waals surface area contributed by atoms with Crippen molar-refractivity contribution in [1.29, 1.82) is 0 Å². The van der Waals surface area contributed by atoms with Gasteiger partial charge in [-0.25, -0.2) is 9.37 Å². The Kier molecular flexibility index (Phi) is 5.03. The summed E-state index contributed by atoms with van der Waals surface area (Å²) in [7, 11) is 0. The van der Waals surface area contributed by atoms with Crippen LogP contribution < -0.4 is 10.6 Å². The number of aromatic nitrogens is 1. The number of amides is 1. The second-order valence-corrected chi connectivity index (χ2v) is 6.08. The fourth-order valence-corrected chi connectivity index (χ4v) is 3.01. The fraction of sp³-hybridized carbons (Fsp3) is 0.333. The van der Waals surface area contributed by atoms with Crippen LogP contribution in [0.25, 0.3) is 0 Å². The Labute approximate surface area is 127 Å². The summed E-state index contributed by atoms with van der Waals surface area (Å²) in [4.78, 5) is 17.3. The zero-order valence-corrected chi connectivity index (χ0v) is 13.1. The average Bonchev–Trinajstić information content (AvgIpc) is 2.75. The highest BCUT2D eigenvalue weighted by atomic mass is 32.1. The molecule has 21 heavy (non-hydrogen) atoms. The number of carbonyl (C=O) groups is 1. The van der Waals surface area contributed by atoms with Crippen molar-refractivity contribution in [1.82, 2.24) is 10.3 Å². The minimum atomic E-state index is -0.370. The maximum absolute atomic E-state index is 13.0. The lowest BCUT2D eigenvalue weighted by Gasteiger charge is -2.13. The van der Waals surface area contributed by atoms with Crippen LogP contribution in [-0.4, -0.2) is 17.4 Å². The van der Waals surface area contributed by atoms with E-state index in [-0.39, 0.29) is 24.3 Å². The summed E-state index contributed by atoms with van der Waals surface area (Å²) in [5.74, 6) is -0.573. The molecular formula is C15H18FN3OS. The molecule has 1 heterocycles. The van der Waals surface area contributed by atoms with E-state index in [2.05, 4.69) is 15.6 Å². The van der Waals surface area contributed by atoms with E-state index < -0.39 is 0 Å². The lowest BCUT2D eigenvalue weighted by atomic mass is 10.2. The minimum Gasteiger partial charge on any atom is -0.325 e. The molecule has 0 spiro atoms. The molecule has 1 atom stereocenters. The van der Waals surface area contributed by atoms with E-state index in [0.29, 0.717) is 5.69 Å². The highest BCUT2D eigenvalue weighted by Gasteiger charge is 2.13. The Bertz CT molecular complexity index is 642. The van der Waals surface area contributed by atoms with Gasteiger partial charge in [0.1, 0.15) is 5.82 Å². The number of halogens is 1. The van der Waals surface area contributed by atoms with Crippen LogP contribution in [0.3, 0.4) is 0 Å².